The highest BCUT2D eigenvalue weighted by atomic mass is 32.2. The molecular weight excluding hydrogens is 342 g/mol. The van der Waals surface area contributed by atoms with Crippen molar-refractivity contribution in [1.29, 1.82) is 0 Å². The number of rotatable bonds is 6. The van der Waals surface area contributed by atoms with Gasteiger partial charge in [0.05, 0.1) is 11.9 Å². The Labute approximate surface area is 160 Å². The largest absolute Gasteiger partial charge is 0.376 e. The molecule has 0 spiro atoms. The van der Waals surface area contributed by atoms with Crippen molar-refractivity contribution in [3.8, 4) is 0 Å². The van der Waals surface area contributed by atoms with Crippen LogP contribution in [0.2, 0.25) is 0 Å². The molecule has 2 aromatic rings. The number of carbonyl (C=O) groups is 1. The van der Waals surface area contributed by atoms with Crippen LogP contribution >= 0.6 is 11.8 Å². The van der Waals surface area contributed by atoms with E-state index in [1.165, 1.54) is 35.3 Å². The van der Waals surface area contributed by atoms with Gasteiger partial charge in [0.25, 0.3) is 0 Å². The zero-order valence-corrected chi connectivity index (χ0v) is 16.5. The lowest BCUT2D eigenvalue weighted by atomic mass is 10.1. The maximum atomic E-state index is 12.8. The highest BCUT2D eigenvalue weighted by Gasteiger charge is 2.21. The van der Waals surface area contributed by atoms with Crippen LogP contribution in [-0.2, 0) is 24.1 Å². The van der Waals surface area contributed by atoms with Crippen molar-refractivity contribution in [3.63, 3.8) is 0 Å². The molecule has 2 heterocycles. The number of fused-ring (bicyclic) bond motifs is 1. The van der Waals surface area contributed by atoms with Crippen molar-refractivity contribution in [1.82, 2.24) is 4.57 Å². The van der Waals surface area contributed by atoms with Crippen molar-refractivity contribution in [2.24, 2.45) is 0 Å². The molecule has 1 aromatic carbocycles. The highest BCUT2D eigenvalue weighted by Crippen LogP contribution is 2.28. The molecule has 0 amide bonds. The Morgan fingerprint density at radius 3 is 2.85 bits per heavy atom. The van der Waals surface area contributed by atoms with Crippen LogP contribution in [0.3, 0.4) is 0 Å². The Morgan fingerprint density at radius 1 is 1.19 bits per heavy atom. The van der Waals surface area contributed by atoms with Gasteiger partial charge < -0.3 is 9.30 Å². The number of aromatic nitrogens is 1. The number of ketones is 1. The maximum Gasteiger partial charge on any atom is 0.174 e. The van der Waals surface area contributed by atoms with E-state index in [1.807, 2.05) is 0 Å². The number of hydrogen-bond acceptors (Lipinski definition) is 3. The topological polar surface area (TPSA) is 31.2 Å². The minimum atomic E-state index is 0.224. The van der Waals surface area contributed by atoms with Gasteiger partial charge in [0, 0.05) is 35.0 Å². The fourth-order valence-electron chi connectivity index (χ4n) is 4.22. The van der Waals surface area contributed by atoms with Crippen LogP contribution in [-0.4, -0.2) is 28.8 Å². The van der Waals surface area contributed by atoms with Gasteiger partial charge in [0.15, 0.2) is 5.78 Å². The number of hydrogen-bond donors (Lipinski definition) is 0. The molecule has 1 aromatic heterocycles. The van der Waals surface area contributed by atoms with E-state index < -0.39 is 0 Å². The Hall–Kier alpha value is -1.52. The van der Waals surface area contributed by atoms with E-state index in [-0.39, 0.29) is 5.78 Å². The molecule has 0 saturated carbocycles. The molecule has 0 bridgehead atoms. The molecule has 4 rings (SSSR count). The number of thioether (sulfide) groups is 1. The molecule has 1 unspecified atom stereocenters. The van der Waals surface area contributed by atoms with Gasteiger partial charge >= 0.3 is 0 Å². The second kappa shape index (κ2) is 7.61. The predicted molar refractivity (Wildman–Crippen MR) is 106 cm³/mol. The molecule has 1 aliphatic heterocycles. The summed E-state index contributed by atoms with van der Waals surface area (Å²) in [6, 6.07) is 8.74. The van der Waals surface area contributed by atoms with Crippen LogP contribution in [0.25, 0.3) is 0 Å². The Bertz CT molecular complexity index is 818. The minimum absolute atomic E-state index is 0.224. The molecule has 1 saturated heterocycles. The van der Waals surface area contributed by atoms with Gasteiger partial charge in [-0.1, -0.05) is 6.07 Å². The number of nitrogens with zero attached hydrogens (tertiary/aromatic N) is 1. The third-order valence-corrected chi connectivity index (χ3v) is 6.72. The molecule has 138 valence electrons. The summed E-state index contributed by atoms with van der Waals surface area (Å²) in [4.78, 5) is 14.0. The lowest BCUT2D eigenvalue weighted by Gasteiger charge is -2.14. The van der Waals surface area contributed by atoms with Crippen LogP contribution in [0, 0.1) is 13.8 Å². The fraction of sp³-hybridized carbons (Fsp3) is 0.500. The van der Waals surface area contributed by atoms with E-state index in [0.717, 1.165) is 42.9 Å². The van der Waals surface area contributed by atoms with Crippen LogP contribution in [0.15, 0.2) is 29.2 Å². The van der Waals surface area contributed by atoms with E-state index in [4.69, 9.17) is 4.74 Å². The summed E-state index contributed by atoms with van der Waals surface area (Å²) in [6.07, 6.45) is 6.21. The lowest BCUT2D eigenvalue weighted by Crippen LogP contribution is -2.17. The monoisotopic (exact) mass is 369 g/mol. The summed E-state index contributed by atoms with van der Waals surface area (Å²) in [6.45, 7) is 5.89. The SMILES string of the molecule is Cc1cc(C(=O)CSc2ccc3c(c2)CCC3)c(C)n1CC1CCCO1. The number of aryl methyl sites for hydroxylation is 3. The maximum absolute atomic E-state index is 12.8. The Morgan fingerprint density at radius 2 is 2.04 bits per heavy atom. The summed E-state index contributed by atoms with van der Waals surface area (Å²) in [5, 5.41) is 0. The zero-order chi connectivity index (χ0) is 18.1. The van der Waals surface area contributed by atoms with Crippen molar-refractivity contribution in [3.05, 3.63) is 52.3 Å². The second-order valence-electron chi connectivity index (χ2n) is 7.53. The smallest absolute Gasteiger partial charge is 0.174 e. The number of benzene rings is 1. The average molecular weight is 370 g/mol. The van der Waals surface area contributed by atoms with E-state index in [0.29, 0.717) is 11.9 Å². The zero-order valence-electron chi connectivity index (χ0n) is 15.7. The van der Waals surface area contributed by atoms with Gasteiger partial charge in [-0.05, 0) is 75.3 Å². The highest BCUT2D eigenvalue weighted by molar-refractivity contribution is 8.00. The molecular formula is C22H27NO2S. The Kier molecular flexibility index (Phi) is 5.23. The summed E-state index contributed by atoms with van der Waals surface area (Å²) in [5.41, 5.74) is 6.06. The van der Waals surface area contributed by atoms with E-state index in [2.05, 4.69) is 42.7 Å². The molecule has 2 aliphatic rings. The van der Waals surface area contributed by atoms with E-state index in [1.54, 1.807) is 11.8 Å². The Balaban J connectivity index is 1.43. The van der Waals surface area contributed by atoms with Crippen molar-refractivity contribution in [2.45, 2.75) is 63.5 Å². The van der Waals surface area contributed by atoms with Crippen molar-refractivity contribution >= 4 is 17.5 Å². The van der Waals surface area contributed by atoms with Crippen molar-refractivity contribution in [2.75, 3.05) is 12.4 Å². The van der Waals surface area contributed by atoms with Gasteiger partial charge in [-0.15, -0.1) is 11.8 Å². The number of carbonyl (C=O) groups excluding carboxylic acids is 1. The predicted octanol–water partition coefficient (Wildman–Crippen LogP) is 4.75. The summed E-state index contributed by atoms with van der Waals surface area (Å²) < 4.78 is 8.02. The summed E-state index contributed by atoms with van der Waals surface area (Å²) in [5.74, 6) is 0.727. The first-order chi connectivity index (χ1) is 12.6. The normalized spacial score (nSPS) is 19.1. The average Bonchev–Trinajstić information content (AvgIpc) is 3.36. The third kappa shape index (κ3) is 3.63. The first-order valence-corrected chi connectivity index (χ1v) is 10.7. The van der Waals surface area contributed by atoms with Gasteiger partial charge in [0.1, 0.15) is 0 Å². The second-order valence-corrected chi connectivity index (χ2v) is 8.58. The molecule has 3 nitrogen and oxygen atoms in total. The van der Waals surface area contributed by atoms with Gasteiger partial charge in [0.2, 0.25) is 0 Å². The lowest BCUT2D eigenvalue weighted by molar-refractivity contribution is 0.0957. The van der Waals surface area contributed by atoms with Gasteiger partial charge in [-0.2, -0.15) is 0 Å². The number of Topliss-reactive ketones (excluding diaryl/α,β-unsaturated/α-hetero) is 1. The summed E-state index contributed by atoms with van der Waals surface area (Å²) in [7, 11) is 0. The first-order valence-electron chi connectivity index (χ1n) is 9.68. The minimum Gasteiger partial charge on any atom is -0.376 e. The van der Waals surface area contributed by atoms with Crippen LogP contribution in [0.1, 0.15) is 52.1 Å². The van der Waals surface area contributed by atoms with Crippen LogP contribution < -0.4 is 0 Å². The molecule has 1 fully saturated rings. The van der Waals surface area contributed by atoms with Gasteiger partial charge in [-0.25, -0.2) is 0 Å². The number of ether oxygens (including phenoxy) is 1. The molecule has 1 aliphatic carbocycles. The standard InChI is InChI=1S/C22H27NO2S/c1-15-11-21(16(2)23(15)13-19-7-4-10-25-19)22(24)14-26-20-9-8-17-5-3-6-18(17)12-20/h8-9,11-12,19H,3-7,10,13-14H2,1-2H3. The molecule has 26 heavy (non-hydrogen) atoms. The summed E-state index contributed by atoms with van der Waals surface area (Å²) >= 11 is 1.66. The molecule has 0 radical (unpaired) electrons. The third-order valence-electron chi connectivity index (χ3n) is 5.72. The van der Waals surface area contributed by atoms with E-state index >= 15 is 0 Å². The quantitative estimate of drug-likeness (QED) is 0.544. The van der Waals surface area contributed by atoms with Crippen LogP contribution in [0.4, 0.5) is 0 Å². The van der Waals surface area contributed by atoms with Crippen molar-refractivity contribution < 1.29 is 9.53 Å². The molecule has 4 heteroatoms. The van der Waals surface area contributed by atoms with Crippen LogP contribution in [0.5, 0.6) is 0 Å². The van der Waals surface area contributed by atoms with E-state index in [9.17, 15) is 4.79 Å². The molecule has 1 atom stereocenters. The van der Waals surface area contributed by atoms with Gasteiger partial charge in [-0.3, -0.25) is 4.79 Å². The first kappa shape index (κ1) is 17.9. The fourth-order valence-corrected chi connectivity index (χ4v) is 5.06. The molecule has 0 N–H and O–H groups in total.